The Hall–Kier alpha value is -0.160. The van der Waals surface area contributed by atoms with Crippen LogP contribution in [0.1, 0.15) is 27.2 Å². The van der Waals surface area contributed by atoms with Crippen molar-refractivity contribution in [2.45, 2.75) is 45.1 Å². The van der Waals surface area contributed by atoms with Gasteiger partial charge in [0.15, 0.2) is 5.79 Å². The summed E-state index contributed by atoms with van der Waals surface area (Å²) in [6, 6.07) is 0.659. The van der Waals surface area contributed by atoms with Crippen LogP contribution in [-0.2, 0) is 14.2 Å². The molecule has 4 heteroatoms. The van der Waals surface area contributed by atoms with Gasteiger partial charge < -0.3 is 19.5 Å². The summed E-state index contributed by atoms with van der Waals surface area (Å²) in [6.07, 6.45) is 1.05. The molecule has 15 heavy (non-hydrogen) atoms. The Labute approximate surface area is 92.3 Å². The highest BCUT2D eigenvalue weighted by atomic mass is 16.7. The number of rotatable bonds is 5. The van der Waals surface area contributed by atoms with Crippen LogP contribution in [0.4, 0.5) is 0 Å². The van der Waals surface area contributed by atoms with Crippen LogP contribution in [0.3, 0.4) is 0 Å². The molecule has 0 aromatic rings. The quantitative estimate of drug-likeness (QED) is 0.750. The van der Waals surface area contributed by atoms with Crippen LogP contribution in [0.25, 0.3) is 0 Å². The summed E-state index contributed by atoms with van der Waals surface area (Å²) < 4.78 is 16.3. The van der Waals surface area contributed by atoms with Gasteiger partial charge in [0.2, 0.25) is 0 Å². The fourth-order valence-electron chi connectivity index (χ4n) is 1.61. The second-order valence-corrected chi connectivity index (χ2v) is 4.45. The smallest absolute Gasteiger partial charge is 0.162 e. The highest BCUT2D eigenvalue weighted by Gasteiger charge is 2.28. The number of hydrogen-bond acceptors (Lipinski definition) is 4. The first kappa shape index (κ1) is 12.9. The van der Waals surface area contributed by atoms with Gasteiger partial charge in [-0.15, -0.1) is 0 Å². The van der Waals surface area contributed by atoms with Gasteiger partial charge in [-0.05, 0) is 20.3 Å². The molecule has 0 spiro atoms. The van der Waals surface area contributed by atoms with Gasteiger partial charge in [0.1, 0.15) is 0 Å². The second-order valence-electron chi connectivity index (χ2n) is 4.45. The Morgan fingerprint density at radius 2 is 2.00 bits per heavy atom. The summed E-state index contributed by atoms with van der Waals surface area (Å²) in [7, 11) is 1.72. The van der Waals surface area contributed by atoms with E-state index in [1.807, 2.05) is 13.8 Å². The molecule has 0 aromatic carbocycles. The minimum absolute atomic E-state index is 0.276. The van der Waals surface area contributed by atoms with E-state index in [-0.39, 0.29) is 6.04 Å². The summed E-state index contributed by atoms with van der Waals surface area (Å²) in [4.78, 5) is 0. The fourth-order valence-corrected chi connectivity index (χ4v) is 1.61. The average molecular weight is 217 g/mol. The van der Waals surface area contributed by atoms with Crippen molar-refractivity contribution in [3.63, 3.8) is 0 Å². The molecule has 1 unspecified atom stereocenters. The number of methoxy groups -OCH3 is 1. The Balaban J connectivity index is 2.28. The minimum atomic E-state index is -0.429. The standard InChI is InChI=1S/C11H23NO3/c1-5-9(6-13-4)12-10-7-14-11(2,3)15-8-10/h9-10,12H,5-8H2,1-4H3. The first-order chi connectivity index (χ1) is 7.07. The van der Waals surface area contributed by atoms with Gasteiger partial charge in [0.25, 0.3) is 0 Å². The number of hydrogen-bond donors (Lipinski definition) is 1. The lowest BCUT2D eigenvalue weighted by Gasteiger charge is -2.36. The largest absolute Gasteiger partial charge is 0.383 e. The zero-order chi connectivity index (χ0) is 11.3. The molecule has 1 saturated heterocycles. The molecular weight excluding hydrogens is 194 g/mol. The van der Waals surface area contributed by atoms with E-state index in [0.29, 0.717) is 19.3 Å². The van der Waals surface area contributed by atoms with Gasteiger partial charge in [-0.2, -0.15) is 0 Å². The van der Waals surface area contributed by atoms with Crippen LogP contribution in [0, 0.1) is 0 Å². The molecule has 4 nitrogen and oxygen atoms in total. The highest BCUT2D eigenvalue weighted by molar-refractivity contribution is 4.77. The molecule has 1 aliphatic heterocycles. The molecule has 1 heterocycles. The SMILES string of the molecule is CCC(COC)NC1COC(C)(C)OC1. The van der Waals surface area contributed by atoms with Gasteiger partial charge in [0, 0.05) is 13.2 Å². The summed E-state index contributed by atoms with van der Waals surface area (Å²) in [5.41, 5.74) is 0. The molecule has 0 aliphatic carbocycles. The van der Waals surface area contributed by atoms with E-state index in [1.54, 1.807) is 7.11 Å². The molecule has 90 valence electrons. The fraction of sp³-hybridized carbons (Fsp3) is 1.00. The van der Waals surface area contributed by atoms with Crippen LogP contribution in [0.2, 0.25) is 0 Å². The van der Waals surface area contributed by atoms with Crippen molar-refractivity contribution in [3.05, 3.63) is 0 Å². The zero-order valence-corrected chi connectivity index (χ0v) is 10.2. The predicted octanol–water partition coefficient (Wildman–Crippen LogP) is 1.15. The van der Waals surface area contributed by atoms with Gasteiger partial charge in [-0.25, -0.2) is 0 Å². The van der Waals surface area contributed by atoms with Crippen molar-refractivity contribution in [1.82, 2.24) is 5.32 Å². The molecule has 0 amide bonds. The van der Waals surface area contributed by atoms with Crippen molar-refractivity contribution >= 4 is 0 Å². The van der Waals surface area contributed by atoms with Crippen molar-refractivity contribution in [3.8, 4) is 0 Å². The van der Waals surface area contributed by atoms with Crippen LogP contribution in [-0.4, -0.2) is 44.8 Å². The van der Waals surface area contributed by atoms with Gasteiger partial charge in [-0.3, -0.25) is 0 Å². The first-order valence-electron chi connectivity index (χ1n) is 5.60. The maximum Gasteiger partial charge on any atom is 0.162 e. The second kappa shape index (κ2) is 5.80. The highest BCUT2D eigenvalue weighted by Crippen LogP contribution is 2.17. The summed E-state index contributed by atoms with van der Waals surface area (Å²) in [5, 5.41) is 3.47. The molecule has 1 rings (SSSR count). The Bertz CT molecular complexity index is 175. The van der Waals surface area contributed by atoms with Crippen molar-refractivity contribution < 1.29 is 14.2 Å². The molecule has 0 bridgehead atoms. The Kier molecular flexibility index (Phi) is 4.99. The van der Waals surface area contributed by atoms with E-state index in [9.17, 15) is 0 Å². The molecule has 1 fully saturated rings. The third-order valence-corrected chi connectivity index (χ3v) is 2.60. The van der Waals surface area contributed by atoms with Crippen LogP contribution >= 0.6 is 0 Å². The molecule has 1 N–H and O–H groups in total. The average Bonchev–Trinajstić information content (AvgIpc) is 2.20. The van der Waals surface area contributed by atoms with E-state index >= 15 is 0 Å². The lowest BCUT2D eigenvalue weighted by atomic mass is 10.2. The third-order valence-electron chi connectivity index (χ3n) is 2.60. The van der Waals surface area contributed by atoms with Gasteiger partial charge >= 0.3 is 0 Å². The lowest BCUT2D eigenvalue weighted by molar-refractivity contribution is -0.253. The monoisotopic (exact) mass is 217 g/mol. The normalized spacial score (nSPS) is 24.0. The van der Waals surface area contributed by atoms with Gasteiger partial charge in [0.05, 0.1) is 25.9 Å². The van der Waals surface area contributed by atoms with Gasteiger partial charge in [-0.1, -0.05) is 6.92 Å². The minimum Gasteiger partial charge on any atom is -0.383 e. The molecule has 1 aliphatic rings. The maximum absolute atomic E-state index is 5.58. The van der Waals surface area contributed by atoms with E-state index in [4.69, 9.17) is 14.2 Å². The molecule has 1 atom stereocenters. The molecule has 0 aromatic heterocycles. The lowest BCUT2D eigenvalue weighted by Crippen LogP contribution is -2.52. The summed E-state index contributed by atoms with van der Waals surface area (Å²) >= 11 is 0. The van der Waals surface area contributed by atoms with E-state index in [1.165, 1.54) is 0 Å². The molecule has 0 radical (unpaired) electrons. The molecular formula is C11H23NO3. The topological polar surface area (TPSA) is 39.7 Å². The van der Waals surface area contributed by atoms with Crippen LogP contribution in [0.15, 0.2) is 0 Å². The van der Waals surface area contributed by atoms with E-state index < -0.39 is 5.79 Å². The van der Waals surface area contributed by atoms with E-state index in [0.717, 1.165) is 13.0 Å². The third kappa shape index (κ3) is 4.47. The Morgan fingerprint density at radius 3 is 2.47 bits per heavy atom. The predicted molar refractivity (Wildman–Crippen MR) is 58.9 cm³/mol. The summed E-state index contributed by atoms with van der Waals surface area (Å²) in [6.45, 7) is 8.16. The molecule has 0 saturated carbocycles. The first-order valence-corrected chi connectivity index (χ1v) is 5.60. The maximum atomic E-state index is 5.58. The summed E-state index contributed by atoms with van der Waals surface area (Å²) in [5.74, 6) is -0.429. The van der Waals surface area contributed by atoms with Crippen molar-refractivity contribution in [1.29, 1.82) is 0 Å². The van der Waals surface area contributed by atoms with Crippen LogP contribution in [0.5, 0.6) is 0 Å². The Morgan fingerprint density at radius 1 is 1.40 bits per heavy atom. The zero-order valence-electron chi connectivity index (χ0n) is 10.2. The number of nitrogens with one attached hydrogen (secondary N) is 1. The van der Waals surface area contributed by atoms with E-state index in [2.05, 4.69) is 12.2 Å². The van der Waals surface area contributed by atoms with Crippen molar-refractivity contribution in [2.24, 2.45) is 0 Å². The van der Waals surface area contributed by atoms with Crippen LogP contribution < -0.4 is 5.32 Å². The number of ether oxygens (including phenoxy) is 3. The van der Waals surface area contributed by atoms with Crippen molar-refractivity contribution in [2.75, 3.05) is 26.9 Å².